The Morgan fingerprint density at radius 3 is 2.39 bits per heavy atom. The van der Waals surface area contributed by atoms with Crippen LogP contribution in [0, 0.1) is 0 Å². The second-order valence-corrected chi connectivity index (χ2v) is 8.04. The highest BCUT2D eigenvalue weighted by Crippen LogP contribution is 2.32. The molecule has 0 fully saturated rings. The summed E-state index contributed by atoms with van der Waals surface area (Å²) < 4.78 is 5.89. The van der Waals surface area contributed by atoms with Crippen molar-refractivity contribution in [1.29, 1.82) is 0 Å². The number of carbonyl (C=O) groups is 1. The smallest absolute Gasteiger partial charge is 0.189 e. The zero-order valence-electron chi connectivity index (χ0n) is 14.8. The molecule has 0 radical (unpaired) electrons. The number of hydrogen-bond donors (Lipinski definition) is 1. The highest BCUT2D eigenvalue weighted by Gasteiger charge is 2.25. The van der Waals surface area contributed by atoms with E-state index in [1.165, 1.54) is 0 Å². The zero-order valence-corrected chi connectivity index (χ0v) is 17.2. The fourth-order valence-electron chi connectivity index (χ4n) is 3.22. The summed E-state index contributed by atoms with van der Waals surface area (Å²) in [6, 6.07) is 18.7. The van der Waals surface area contributed by atoms with Crippen molar-refractivity contribution in [2.75, 3.05) is 0 Å². The number of ketones is 1. The summed E-state index contributed by atoms with van der Waals surface area (Å²) in [6.07, 6.45) is 2.41. The van der Waals surface area contributed by atoms with E-state index in [1.54, 1.807) is 18.2 Å². The first-order valence-electron chi connectivity index (χ1n) is 8.73. The van der Waals surface area contributed by atoms with Crippen molar-refractivity contribution in [3.63, 3.8) is 0 Å². The Balaban J connectivity index is 1.52. The van der Waals surface area contributed by atoms with Gasteiger partial charge in [-0.2, -0.15) is 0 Å². The molecule has 0 saturated heterocycles. The average molecular weight is 427 g/mol. The number of benzene rings is 3. The predicted octanol–water partition coefficient (Wildman–Crippen LogP) is 6.68. The van der Waals surface area contributed by atoms with Crippen LogP contribution in [0.3, 0.4) is 0 Å². The van der Waals surface area contributed by atoms with Crippen molar-refractivity contribution in [1.82, 2.24) is 0 Å². The van der Waals surface area contributed by atoms with Crippen LogP contribution in [0.5, 0.6) is 5.75 Å². The number of hydrogen-bond acceptors (Lipinski definition) is 3. The standard InChI is InChI=1S/C23H16Cl2O2S/c24-18-8-15(9-19(25)12-18)7-17-10-16-11-20(3-6-22(16)23(17)26)27-13-14-1-4-21(28)5-2-14/h1-9,11-12,28H,10,13H2/b17-7+. The highest BCUT2D eigenvalue weighted by atomic mass is 35.5. The number of Topliss-reactive ketones (excluding diaryl/α,β-unsaturated/α-hetero) is 1. The minimum Gasteiger partial charge on any atom is -0.489 e. The van der Waals surface area contributed by atoms with Gasteiger partial charge in [0.1, 0.15) is 12.4 Å². The molecule has 2 nitrogen and oxygen atoms in total. The third kappa shape index (κ3) is 4.27. The number of ether oxygens (including phenoxy) is 1. The maximum absolute atomic E-state index is 12.7. The lowest BCUT2D eigenvalue weighted by atomic mass is 10.1. The van der Waals surface area contributed by atoms with Crippen LogP contribution in [-0.4, -0.2) is 5.78 Å². The van der Waals surface area contributed by atoms with E-state index in [-0.39, 0.29) is 5.78 Å². The molecule has 5 heteroatoms. The summed E-state index contributed by atoms with van der Waals surface area (Å²) in [6.45, 7) is 0.463. The third-order valence-corrected chi connectivity index (χ3v) is 5.30. The molecule has 0 bridgehead atoms. The third-order valence-electron chi connectivity index (χ3n) is 4.56. The minimum atomic E-state index is 0.0296. The molecule has 28 heavy (non-hydrogen) atoms. The van der Waals surface area contributed by atoms with E-state index >= 15 is 0 Å². The second kappa shape index (κ2) is 8.04. The lowest BCUT2D eigenvalue weighted by Crippen LogP contribution is -1.97. The maximum Gasteiger partial charge on any atom is 0.189 e. The molecule has 0 aliphatic heterocycles. The monoisotopic (exact) mass is 426 g/mol. The SMILES string of the molecule is O=C1/C(=C/c2cc(Cl)cc(Cl)c2)Cc2cc(OCc3ccc(S)cc3)ccc21. The van der Waals surface area contributed by atoms with Gasteiger partial charge < -0.3 is 4.74 Å². The predicted molar refractivity (Wildman–Crippen MR) is 117 cm³/mol. The molecular weight excluding hydrogens is 411 g/mol. The first kappa shape index (κ1) is 19.1. The number of thiol groups is 1. The van der Waals surface area contributed by atoms with Crippen LogP contribution in [0.25, 0.3) is 6.08 Å². The summed E-state index contributed by atoms with van der Waals surface area (Å²) >= 11 is 16.4. The van der Waals surface area contributed by atoms with Gasteiger partial charge in [-0.3, -0.25) is 4.79 Å². The molecule has 0 heterocycles. The number of fused-ring (bicyclic) bond motifs is 1. The maximum atomic E-state index is 12.7. The Kier molecular flexibility index (Phi) is 5.49. The quantitative estimate of drug-likeness (QED) is 0.371. The first-order chi connectivity index (χ1) is 13.5. The van der Waals surface area contributed by atoms with Gasteiger partial charge in [-0.05, 0) is 71.3 Å². The van der Waals surface area contributed by atoms with Crippen LogP contribution in [0.1, 0.15) is 27.0 Å². The second-order valence-electron chi connectivity index (χ2n) is 6.65. The number of rotatable bonds is 4. The summed E-state index contributed by atoms with van der Waals surface area (Å²) in [5, 5.41) is 1.09. The normalized spacial score (nSPS) is 14.4. The fraction of sp³-hybridized carbons (Fsp3) is 0.0870. The van der Waals surface area contributed by atoms with E-state index in [9.17, 15) is 4.79 Å². The van der Waals surface area contributed by atoms with Crippen LogP contribution in [0.2, 0.25) is 10.0 Å². The molecule has 0 unspecified atom stereocenters. The molecule has 3 aromatic rings. The van der Waals surface area contributed by atoms with Gasteiger partial charge in [-0.15, -0.1) is 12.6 Å². The van der Waals surface area contributed by atoms with Gasteiger partial charge in [0.25, 0.3) is 0 Å². The Labute approximate surface area is 179 Å². The molecule has 140 valence electrons. The van der Waals surface area contributed by atoms with Crippen LogP contribution in [0.4, 0.5) is 0 Å². The van der Waals surface area contributed by atoms with Crippen LogP contribution in [0.15, 0.2) is 71.1 Å². The van der Waals surface area contributed by atoms with E-state index in [1.807, 2.05) is 48.5 Å². The van der Waals surface area contributed by atoms with Crippen LogP contribution < -0.4 is 4.74 Å². The zero-order chi connectivity index (χ0) is 19.7. The molecular formula is C23H16Cl2O2S. The Morgan fingerprint density at radius 1 is 0.964 bits per heavy atom. The van der Waals surface area contributed by atoms with E-state index in [0.717, 1.165) is 32.9 Å². The average Bonchev–Trinajstić information content (AvgIpc) is 2.95. The molecule has 1 aliphatic carbocycles. The Morgan fingerprint density at radius 2 is 1.68 bits per heavy atom. The van der Waals surface area contributed by atoms with E-state index in [4.69, 9.17) is 27.9 Å². The molecule has 0 spiro atoms. The van der Waals surface area contributed by atoms with Gasteiger partial charge in [0.2, 0.25) is 0 Å². The van der Waals surface area contributed by atoms with Gasteiger partial charge in [0.15, 0.2) is 5.78 Å². The molecule has 0 atom stereocenters. The number of carbonyl (C=O) groups excluding carboxylic acids is 1. The van der Waals surface area contributed by atoms with Crippen molar-refractivity contribution in [2.24, 2.45) is 0 Å². The molecule has 4 rings (SSSR count). The fourth-order valence-corrected chi connectivity index (χ4v) is 3.91. The lowest BCUT2D eigenvalue weighted by Gasteiger charge is -2.08. The molecule has 0 N–H and O–H groups in total. The topological polar surface area (TPSA) is 26.3 Å². The highest BCUT2D eigenvalue weighted by molar-refractivity contribution is 7.80. The first-order valence-corrected chi connectivity index (χ1v) is 9.93. The largest absolute Gasteiger partial charge is 0.489 e. The van der Waals surface area contributed by atoms with Crippen molar-refractivity contribution in [2.45, 2.75) is 17.9 Å². The van der Waals surface area contributed by atoms with Gasteiger partial charge in [-0.1, -0.05) is 35.3 Å². The molecule has 1 aliphatic rings. The van der Waals surface area contributed by atoms with Crippen molar-refractivity contribution in [3.8, 4) is 5.75 Å². The molecule has 0 aromatic heterocycles. The van der Waals surface area contributed by atoms with Crippen molar-refractivity contribution >= 4 is 47.7 Å². The van der Waals surface area contributed by atoms with Gasteiger partial charge in [0.05, 0.1) is 0 Å². The van der Waals surface area contributed by atoms with E-state index in [2.05, 4.69) is 12.6 Å². The van der Waals surface area contributed by atoms with E-state index in [0.29, 0.717) is 28.6 Å². The van der Waals surface area contributed by atoms with Gasteiger partial charge >= 0.3 is 0 Å². The van der Waals surface area contributed by atoms with Crippen molar-refractivity contribution in [3.05, 3.63) is 98.5 Å². The summed E-state index contributed by atoms with van der Waals surface area (Å²) in [5.41, 5.74) is 4.28. The van der Waals surface area contributed by atoms with E-state index < -0.39 is 0 Å². The molecule has 0 amide bonds. The summed E-state index contributed by atoms with van der Waals surface area (Å²) in [7, 11) is 0. The minimum absolute atomic E-state index is 0.0296. The van der Waals surface area contributed by atoms with Gasteiger partial charge in [-0.25, -0.2) is 0 Å². The van der Waals surface area contributed by atoms with Crippen LogP contribution in [-0.2, 0) is 13.0 Å². The lowest BCUT2D eigenvalue weighted by molar-refractivity contribution is 0.104. The summed E-state index contributed by atoms with van der Waals surface area (Å²) in [5.74, 6) is 0.774. The Hall–Kier alpha value is -2.20. The van der Waals surface area contributed by atoms with Gasteiger partial charge in [0, 0.05) is 32.5 Å². The molecule has 0 saturated carbocycles. The number of allylic oxidation sites excluding steroid dienone is 1. The Bertz CT molecular complexity index is 1070. The number of halogens is 2. The van der Waals surface area contributed by atoms with Crippen LogP contribution >= 0.6 is 35.8 Å². The summed E-state index contributed by atoms with van der Waals surface area (Å²) in [4.78, 5) is 13.6. The van der Waals surface area contributed by atoms with Crippen molar-refractivity contribution < 1.29 is 9.53 Å². The molecule has 3 aromatic carbocycles.